The number of nitrogens with one attached hydrogen (secondary N) is 1. The number of aryl methyl sites for hydroxylation is 1. The van der Waals surface area contributed by atoms with Crippen molar-refractivity contribution < 1.29 is 0 Å². The van der Waals surface area contributed by atoms with E-state index >= 15 is 0 Å². The van der Waals surface area contributed by atoms with E-state index in [9.17, 15) is 0 Å². The first kappa shape index (κ1) is 12.4. The molecule has 0 aliphatic rings. The van der Waals surface area contributed by atoms with E-state index in [1.807, 2.05) is 27.7 Å². The lowest BCUT2D eigenvalue weighted by Crippen LogP contribution is -2.39. The maximum Gasteiger partial charge on any atom is 0.167 e. The Morgan fingerprint density at radius 3 is 2.50 bits per heavy atom. The largest absolute Gasteiger partial charge is 0.361 e. The number of nitriles is 1. The van der Waals surface area contributed by atoms with Gasteiger partial charge in [-0.25, -0.2) is 0 Å². The molecule has 16 heavy (non-hydrogen) atoms. The Bertz CT molecular complexity index is 431. The summed E-state index contributed by atoms with van der Waals surface area (Å²) in [5.74, 6) is 0.501. The molecule has 0 saturated carbocycles. The van der Waals surface area contributed by atoms with Gasteiger partial charge in [-0.15, -0.1) is 5.10 Å². The molecule has 0 bridgehead atoms. The third kappa shape index (κ3) is 2.47. The zero-order valence-corrected chi connectivity index (χ0v) is 10.1. The average Bonchev–Trinajstić information content (AvgIpc) is 2.24. The molecule has 1 aromatic heterocycles. The fraction of sp³-hybridized carbons (Fsp3) is 0.545. The Morgan fingerprint density at radius 1 is 1.38 bits per heavy atom. The van der Waals surface area contributed by atoms with Crippen LogP contribution in [0.1, 0.15) is 30.7 Å². The zero-order chi connectivity index (χ0) is 12.3. The molecule has 86 valence electrons. The monoisotopic (exact) mass is 219 g/mol. The summed E-state index contributed by atoms with van der Waals surface area (Å²) in [6.45, 7) is 8.05. The second kappa shape index (κ2) is 4.45. The summed E-state index contributed by atoms with van der Waals surface area (Å²) in [4.78, 5) is 0. The Hall–Kier alpha value is -1.67. The number of nitrogens with zero attached hydrogens (tertiary/aromatic N) is 3. The SMILES string of the molecule is Cc1nnc(NC(C)(C)CN)c(C#N)c1C. The minimum atomic E-state index is -0.304. The van der Waals surface area contributed by atoms with Crippen molar-refractivity contribution in [1.29, 1.82) is 5.26 Å². The Morgan fingerprint density at radius 2 is 2.00 bits per heavy atom. The molecule has 3 N–H and O–H groups in total. The zero-order valence-electron chi connectivity index (χ0n) is 10.1. The van der Waals surface area contributed by atoms with Crippen molar-refractivity contribution in [1.82, 2.24) is 10.2 Å². The van der Waals surface area contributed by atoms with Gasteiger partial charge in [-0.1, -0.05) is 0 Å². The Balaban J connectivity index is 3.17. The minimum absolute atomic E-state index is 0.304. The third-order valence-electron chi connectivity index (χ3n) is 2.53. The van der Waals surface area contributed by atoms with Gasteiger partial charge in [0.25, 0.3) is 0 Å². The van der Waals surface area contributed by atoms with Crippen LogP contribution in [-0.4, -0.2) is 22.3 Å². The van der Waals surface area contributed by atoms with E-state index in [0.717, 1.165) is 11.3 Å². The number of hydrogen-bond acceptors (Lipinski definition) is 5. The van der Waals surface area contributed by atoms with Crippen LogP contribution in [0.25, 0.3) is 0 Å². The van der Waals surface area contributed by atoms with Gasteiger partial charge in [-0.05, 0) is 33.3 Å². The third-order valence-corrected chi connectivity index (χ3v) is 2.53. The van der Waals surface area contributed by atoms with Crippen LogP contribution < -0.4 is 11.1 Å². The first-order chi connectivity index (χ1) is 7.41. The number of nitrogens with two attached hydrogens (primary N) is 1. The summed E-state index contributed by atoms with van der Waals surface area (Å²) in [5, 5.41) is 20.2. The predicted molar refractivity (Wildman–Crippen MR) is 63.0 cm³/mol. The Labute approximate surface area is 95.7 Å². The summed E-state index contributed by atoms with van der Waals surface area (Å²) in [6, 6.07) is 2.15. The molecule has 0 atom stereocenters. The highest BCUT2D eigenvalue weighted by molar-refractivity contribution is 5.56. The average molecular weight is 219 g/mol. The summed E-state index contributed by atoms with van der Waals surface area (Å²) in [6.07, 6.45) is 0. The van der Waals surface area contributed by atoms with Gasteiger partial charge in [0, 0.05) is 12.1 Å². The lowest BCUT2D eigenvalue weighted by Gasteiger charge is -2.25. The highest BCUT2D eigenvalue weighted by atomic mass is 15.2. The molecule has 0 unspecified atom stereocenters. The molecule has 0 fully saturated rings. The molecule has 1 aromatic rings. The van der Waals surface area contributed by atoms with E-state index < -0.39 is 0 Å². The first-order valence-electron chi connectivity index (χ1n) is 5.13. The van der Waals surface area contributed by atoms with Crippen LogP contribution in [0.5, 0.6) is 0 Å². The summed E-state index contributed by atoms with van der Waals surface area (Å²) in [7, 11) is 0. The van der Waals surface area contributed by atoms with Crippen LogP contribution in [0.3, 0.4) is 0 Å². The van der Waals surface area contributed by atoms with E-state index in [2.05, 4.69) is 21.6 Å². The molecule has 0 aliphatic carbocycles. The normalized spacial score (nSPS) is 11.0. The topological polar surface area (TPSA) is 87.6 Å². The van der Waals surface area contributed by atoms with Crippen LogP contribution in [0, 0.1) is 25.2 Å². The van der Waals surface area contributed by atoms with E-state index in [4.69, 9.17) is 11.0 Å². The van der Waals surface area contributed by atoms with Crippen molar-refractivity contribution in [3.05, 3.63) is 16.8 Å². The maximum atomic E-state index is 9.10. The molecule has 0 spiro atoms. The van der Waals surface area contributed by atoms with Crippen molar-refractivity contribution >= 4 is 5.82 Å². The van der Waals surface area contributed by atoms with Crippen LogP contribution >= 0.6 is 0 Å². The molecular weight excluding hydrogens is 202 g/mol. The highest BCUT2D eigenvalue weighted by Gasteiger charge is 2.19. The number of anilines is 1. The molecule has 5 nitrogen and oxygen atoms in total. The molecule has 0 aliphatic heterocycles. The summed E-state index contributed by atoms with van der Waals surface area (Å²) < 4.78 is 0. The fourth-order valence-electron chi connectivity index (χ4n) is 1.20. The van der Waals surface area contributed by atoms with Crippen LogP contribution in [0.15, 0.2) is 0 Å². The predicted octanol–water partition coefficient (Wildman–Crippen LogP) is 1.11. The quantitative estimate of drug-likeness (QED) is 0.795. The van der Waals surface area contributed by atoms with Crippen molar-refractivity contribution in [2.45, 2.75) is 33.2 Å². The van der Waals surface area contributed by atoms with Crippen LogP contribution in [-0.2, 0) is 0 Å². The standard InChI is InChI=1S/C11H17N5/c1-7-8(2)15-16-10(9(7)5-12)14-11(3,4)6-13/h6,13H2,1-4H3,(H,14,16). The van der Waals surface area contributed by atoms with E-state index in [1.165, 1.54) is 0 Å². The molecule has 1 heterocycles. The highest BCUT2D eigenvalue weighted by Crippen LogP contribution is 2.20. The molecule has 0 saturated heterocycles. The van der Waals surface area contributed by atoms with Gasteiger partial charge in [0.2, 0.25) is 0 Å². The Kier molecular flexibility index (Phi) is 3.45. The van der Waals surface area contributed by atoms with Gasteiger partial charge in [0.05, 0.1) is 5.69 Å². The van der Waals surface area contributed by atoms with Gasteiger partial charge in [0.15, 0.2) is 5.82 Å². The number of aromatic nitrogens is 2. The lowest BCUT2D eigenvalue weighted by atomic mass is 10.0. The molecule has 1 rings (SSSR count). The summed E-state index contributed by atoms with van der Waals surface area (Å²) >= 11 is 0. The van der Waals surface area contributed by atoms with E-state index in [-0.39, 0.29) is 5.54 Å². The van der Waals surface area contributed by atoms with Crippen molar-refractivity contribution in [3.63, 3.8) is 0 Å². The smallest absolute Gasteiger partial charge is 0.167 e. The maximum absolute atomic E-state index is 9.10. The summed E-state index contributed by atoms with van der Waals surface area (Å²) in [5.41, 5.74) is 7.48. The molecule has 0 amide bonds. The molecule has 0 aromatic carbocycles. The van der Waals surface area contributed by atoms with Crippen molar-refractivity contribution in [2.24, 2.45) is 5.73 Å². The van der Waals surface area contributed by atoms with E-state index in [0.29, 0.717) is 17.9 Å². The second-order valence-corrected chi connectivity index (χ2v) is 4.46. The minimum Gasteiger partial charge on any atom is -0.361 e. The van der Waals surface area contributed by atoms with Gasteiger partial charge in [-0.3, -0.25) is 0 Å². The van der Waals surface area contributed by atoms with Gasteiger partial charge in [-0.2, -0.15) is 10.4 Å². The van der Waals surface area contributed by atoms with Crippen LogP contribution in [0.4, 0.5) is 5.82 Å². The van der Waals surface area contributed by atoms with Gasteiger partial charge >= 0.3 is 0 Å². The van der Waals surface area contributed by atoms with Gasteiger partial charge < -0.3 is 11.1 Å². The van der Waals surface area contributed by atoms with Crippen molar-refractivity contribution in [2.75, 3.05) is 11.9 Å². The fourth-order valence-corrected chi connectivity index (χ4v) is 1.20. The van der Waals surface area contributed by atoms with Gasteiger partial charge in [0.1, 0.15) is 11.6 Å². The molecule has 0 radical (unpaired) electrons. The van der Waals surface area contributed by atoms with Crippen molar-refractivity contribution in [3.8, 4) is 6.07 Å². The first-order valence-corrected chi connectivity index (χ1v) is 5.13. The number of hydrogen-bond donors (Lipinski definition) is 2. The lowest BCUT2D eigenvalue weighted by molar-refractivity contribution is 0.575. The second-order valence-electron chi connectivity index (χ2n) is 4.46. The number of rotatable bonds is 3. The molecular formula is C11H17N5. The van der Waals surface area contributed by atoms with E-state index in [1.54, 1.807) is 0 Å². The molecule has 5 heteroatoms. The van der Waals surface area contributed by atoms with Crippen LogP contribution in [0.2, 0.25) is 0 Å².